The maximum atomic E-state index is 13.2. The monoisotopic (exact) mass is 447 g/mol. The Morgan fingerprint density at radius 2 is 1.88 bits per heavy atom. The van der Waals surface area contributed by atoms with Gasteiger partial charge >= 0.3 is 0 Å². The molecule has 1 aliphatic rings. The minimum atomic E-state index is -0.0664. The molecule has 2 aromatic carbocycles. The van der Waals surface area contributed by atoms with Crippen molar-refractivity contribution in [3.63, 3.8) is 0 Å². The predicted octanol–water partition coefficient (Wildman–Crippen LogP) is 3.95. The third kappa shape index (κ3) is 4.36. The van der Waals surface area contributed by atoms with Crippen molar-refractivity contribution in [3.05, 3.63) is 75.7 Å². The van der Waals surface area contributed by atoms with Crippen molar-refractivity contribution >= 4 is 5.69 Å². The Labute approximate surface area is 193 Å². The van der Waals surface area contributed by atoms with E-state index < -0.39 is 0 Å². The summed E-state index contributed by atoms with van der Waals surface area (Å²) < 4.78 is 17.0. The largest absolute Gasteiger partial charge is 0.493 e. The number of fused-ring (bicyclic) bond motifs is 3. The fourth-order valence-corrected chi connectivity index (χ4v) is 4.46. The van der Waals surface area contributed by atoms with Crippen LogP contribution in [0.15, 0.2) is 53.6 Å². The fraction of sp³-hybridized carbons (Fsp3) is 0.308. The Morgan fingerprint density at radius 1 is 1.06 bits per heavy atom. The molecule has 1 unspecified atom stereocenters. The van der Waals surface area contributed by atoms with E-state index in [1.807, 2.05) is 37.4 Å². The Morgan fingerprint density at radius 3 is 2.55 bits per heavy atom. The third-order valence-electron chi connectivity index (χ3n) is 6.09. The molecule has 1 atom stereocenters. The number of aromatic nitrogens is 1. The second-order valence-electron chi connectivity index (χ2n) is 7.90. The molecular weight excluding hydrogens is 418 g/mol. The summed E-state index contributed by atoms with van der Waals surface area (Å²) in [6, 6.07) is 11.4. The van der Waals surface area contributed by atoms with Crippen LogP contribution in [0, 0.1) is 0 Å². The predicted molar refractivity (Wildman–Crippen MR) is 129 cm³/mol. The molecule has 0 saturated heterocycles. The Balaban J connectivity index is 1.89. The maximum absolute atomic E-state index is 13.2. The zero-order valence-corrected chi connectivity index (χ0v) is 19.4. The molecule has 7 heteroatoms. The molecule has 1 heterocycles. The zero-order chi connectivity index (χ0) is 23.4. The van der Waals surface area contributed by atoms with Crippen LogP contribution >= 0.6 is 0 Å². The summed E-state index contributed by atoms with van der Waals surface area (Å²) in [5.74, 6) is 1.77. The molecule has 0 bridgehead atoms. The van der Waals surface area contributed by atoms with Gasteiger partial charge in [0.15, 0.2) is 11.5 Å². The van der Waals surface area contributed by atoms with E-state index in [2.05, 4.69) is 15.6 Å². The summed E-state index contributed by atoms with van der Waals surface area (Å²) >= 11 is 0. The van der Waals surface area contributed by atoms with Crippen molar-refractivity contribution in [1.29, 1.82) is 0 Å². The van der Waals surface area contributed by atoms with Crippen LogP contribution in [0.2, 0.25) is 0 Å². The van der Waals surface area contributed by atoms with E-state index in [1.165, 1.54) is 0 Å². The van der Waals surface area contributed by atoms with Gasteiger partial charge in [-0.25, -0.2) is 0 Å². The van der Waals surface area contributed by atoms with Gasteiger partial charge in [0.1, 0.15) is 0 Å². The van der Waals surface area contributed by atoms with Gasteiger partial charge in [0.2, 0.25) is 11.2 Å². The average Bonchev–Trinajstić information content (AvgIpc) is 3.09. The van der Waals surface area contributed by atoms with E-state index in [-0.39, 0.29) is 11.5 Å². The lowest BCUT2D eigenvalue weighted by atomic mass is 9.95. The second kappa shape index (κ2) is 9.92. The number of pyridine rings is 1. The van der Waals surface area contributed by atoms with Crippen LogP contribution < -0.4 is 30.3 Å². The fourth-order valence-electron chi connectivity index (χ4n) is 4.46. The van der Waals surface area contributed by atoms with Crippen molar-refractivity contribution in [2.75, 3.05) is 33.7 Å². The number of aryl methyl sites for hydroxylation is 1. The summed E-state index contributed by atoms with van der Waals surface area (Å²) in [7, 11) is 6.76. The molecule has 1 aliphatic carbocycles. The Kier molecular flexibility index (Phi) is 6.79. The maximum Gasteiger partial charge on any atom is 0.203 e. The first-order chi connectivity index (χ1) is 16.1. The van der Waals surface area contributed by atoms with Crippen LogP contribution in [0.1, 0.15) is 29.2 Å². The summed E-state index contributed by atoms with van der Waals surface area (Å²) in [5, 5.41) is 6.64. The van der Waals surface area contributed by atoms with Crippen LogP contribution in [0.5, 0.6) is 17.2 Å². The molecule has 0 aliphatic heterocycles. The van der Waals surface area contributed by atoms with Crippen LogP contribution in [-0.4, -0.2) is 33.4 Å². The number of benzene rings is 1. The average molecular weight is 448 g/mol. The van der Waals surface area contributed by atoms with Gasteiger partial charge in [0.05, 0.1) is 27.0 Å². The number of rotatable bonds is 7. The standard InChI is InChI=1S/C26H29N3O4/c1-27-20-9-7-17-12-23(31-2)25(32-3)26(33-4)24(17)18-8-10-21(22(30)13-19(18)20)29-15-16-6-5-11-28-14-16/h5-6,8,10-14,20,27H,7,9,15H2,1-4H3,(H,29,30). The van der Waals surface area contributed by atoms with Crippen LogP contribution in [0.3, 0.4) is 0 Å². The van der Waals surface area contributed by atoms with Crippen LogP contribution in [-0.2, 0) is 13.0 Å². The smallest absolute Gasteiger partial charge is 0.203 e. The number of nitrogens with one attached hydrogen (secondary N) is 2. The van der Waals surface area contributed by atoms with E-state index in [0.717, 1.165) is 40.7 Å². The zero-order valence-electron chi connectivity index (χ0n) is 19.4. The molecule has 0 radical (unpaired) electrons. The first-order valence-electron chi connectivity index (χ1n) is 10.9. The summed E-state index contributed by atoms with van der Waals surface area (Å²) in [6.07, 6.45) is 5.15. The Hall–Kier alpha value is -3.58. The van der Waals surface area contributed by atoms with E-state index in [9.17, 15) is 4.79 Å². The normalized spacial score (nSPS) is 14.5. The van der Waals surface area contributed by atoms with Crippen molar-refractivity contribution in [3.8, 4) is 28.4 Å². The van der Waals surface area contributed by atoms with E-state index in [0.29, 0.717) is 29.5 Å². The van der Waals surface area contributed by atoms with Gasteiger partial charge < -0.3 is 24.8 Å². The molecule has 7 nitrogen and oxygen atoms in total. The van der Waals surface area contributed by atoms with Gasteiger partial charge in [0, 0.05) is 30.5 Å². The molecule has 172 valence electrons. The van der Waals surface area contributed by atoms with E-state index in [1.54, 1.807) is 39.8 Å². The van der Waals surface area contributed by atoms with Crippen LogP contribution in [0.25, 0.3) is 11.1 Å². The topological polar surface area (TPSA) is 81.7 Å². The van der Waals surface area contributed by atoms with Gasteiger partial charge in [-0.05, 0) is 66.4 Å². The molecule has 0 fully saturated rings. The lowest BCUT2D eigenvalue weighted by molar-refractivity contribution is 0.324. The van der Waals surface area contributed by atoms with Gasteiger partial charge in [-0.3, -0.25) is 9.78 Å². The molecule has 4 rings (SSSR count). The number of ether oxygens (including phenoxy) is 3. The lowest BCUT2D eigenvalue weighted by Crippen LogP contribution is -2.18. The molecule has 2 N–H and O–H groups in total. The SMILES string of the molecule is CNC1CCc2cc(OC)c(OC)c(OC)c2-c2ccc(NCc3cccnc3)c(=O)cc21. The highest BCUT2D eigenvalue weighted by atomic mass is 16.5. The number of hydrogen-bond acceptors (Lipinski definition) is 7. The van der Waals surface area contributed by atoms with Gasteiger partial charge in [-0.15, -0.1) is 0 Å². The molecule has 33 heavy (non-hydrogen) atoms. The van der Waals surface area contributed by atoms with Crippen molar-refractivity contribution < 1.29 is 14.2 Å². The summed E-state index contributed by atoms with van der Waals surface area (Å²) in [4.78, 5) is 17.3. The van der Waals surface area contributed by atoms with Crippen LogP contribution in [0.4, 0.5) is 5.69 Å². The van der Waals surface area contributed by atoms with Gasteiger partial charge in [-0.1, -0.05) is 12.1 Å². The molecular formula is C26H29N3O4. The lowest BCUT2D eigenvalue weighted by Gasteiger charge is -2.19. The summed E-state index contributed by atoms with van der Waals surface area (Å²) in [5.41, 5.74) is 5.35. The number of methoxy groups -OCH3 is 3. The van der Waals surface area contributed by atoms with Gasteiger partial charge in [-0.2, -0.15) is 0 Å². The van der Waals surface area contributed by atoms with Gasteiger partial charge in [0.25, 0.3) is 0 Å². The van der Waals surface area contributed by atoms with E-state index >= 15 is 0 Å². The van der Waals surface area contributed by atoms with Crippen molar-refractivity contribution in [1.82, 2.24) is 10.3 Å². The molecule has 0 saturated carbocycles. The number of hydrogen-bond donors (Lipinski definition) is 2. The molecule has 3 aromatic rings. The minimum Gasteiger partial charge on any atom is -0.493 e. The highest BCUT2D eigenvalue weighted by Crippen LogP contribution is 2.50. The molecule has 1 aromatic heterocycles. The highest BCUT2D eigenvalue weighted by Gasteiger charge is 2.28. The second-order valence-corrected chi connectivity index (χ2v) is 7.90. The number of anilines is 1. The number of nitrogens with zero attached hydrogens (tertiary/aromatic N) is 1. The highest BCUT2D eigenvalue weighted by molar-refractivity contribution is 5.83. The third-order valence-corrected chi connectivity index (χ3v) is 6.09. The van der Waals surface area contributed by atoms with Crippen molar-refractivity contribution in [2.24, 2.45) is 0 Å². The summed E-state index contributed by atoms with van der Waals surface area (Å²) in [6.45, 7) is 0.512. The molecule has 0 amide bonds. The minimum absolute atomic E-state index is 0.0142. The quantitative estimate of drug-likeness (QED) is 0.567. The first-order valence-corrected chi connectivity index (χ1v) is 10.9. The van der Waals surface area contributed by atoms with Crippen molar-refractivity contribution in [2.45, 2.75) is 25.4 Å². The van der Waals surface area contributed by atoms with E-state index in [4.69, 9.17) is 14.2 Å². The Bertz CT molecular complexity index is 1200. The molecule has 0 spiro atoms. The first kappa shape index (κ1) is 22.6.